The number of benzene rings is 1. The number of rotatable bonds is 2. The van der Waals surface area contributed by atoms with Crippen molar-refractivity contribution in [3.8, 4) is 0 Å². The van der Waals surface area contributed by atoms with Crippen molar-refractivity contribution in [2.45, 2.75) is 18.3 Å². The molecule has 1 heterocycles. The molecule has 0 amide bonds. The number of aliphatic hydroxyl groups excluding tert-OH is 1. The average molecular weight is 215 g/mol. The van der Waals surface area contributed by atoms with Crippen LogP contribution in [0.3, 0.4) is 0 Å². The summed E-state index contributed by atoms with van der Waals surface area (Å²) >= 11 is 0. The lowest BCUT2D eigenvalue weighted by atomic mass is 9.97. The van der Waals surface area contributed by atoms with Gasteiger partial charge in [0, 0.05) is 16.5 Å². The van der Waals surface area contributed by atoms with Gasteiger partial charge in [-0.2, -0.15) is 0 Å². The lowest BCUT2D eigenvalue weighted by molar-refractivity contribution is 0.254. The van der Waals surface area contributed by atoms with Crippen LogP contribution in [0.1, 0.15) is 18.4 Å². The quantitative estimate of drug-likeness (QED) is 0.798. The van der Waals surface area contributed by atoms with E-state index in [1.807, 2.05) is 30.3 Å². The molecule has 1 aliphatic carbocycles. The molecule has 3 rings (SSSR count). The number of aliphatic hydroxyl groups is 1. The molecule has 82 valence electrons. The zero-order chi connectivity index (χ0) is 11.2. The van der Waals surface area contributed by atoms with E-state index in [2.05, 4.69) is 4.98 Å². The fraction of sp³-hybridized carbons (Fsp3) is 0.308. The summed E-state index contributed by atoms with van der Waals surface area (Å²) in [6.07, 6.45) is 1.82. The Balaban J connectivity index is 2.26. The van der Waals surface area contributed by atoms with Crippen molar-refractivity contribution in [3.63, 3.8) is 0 Å². The third-order valence-electron chi connectivity index (χ3n) is 3.48. The number of hydrogen-bond donors (Lipinski definition) is 2. The molecule has 1 aliphatic rings. The molecule has 2 N–H and O–H groups in total. The maximum absolute atomic E-state index is 11.9. The molecule has 3 nitrogen and oxygen atoms in total. The Hall–Kier alpha value is -1.61. The second-order valence-corrected chi connectivity index (χ2v) is 4.54. The molecule has 0 unspecified atom stereocenters. The lowest BCUT2D eigenvalue weighted by Crippen LogP contribution is -2.23. The highest BCUT2D eigenvalue weighted by Crippen LogP contribution is 2.46. The van der Waals surface area contributed by atoms with Gasteiger partial charge in [-0.25, -0.2) is 0 Å². The molecule has 3 heteroatoms. The van der Waals surface area contributed by atoms with E-state index in [-0.39, 0.29) is 17.6 Å². The molecule has 16 heavy (non-hydrogen) atoms. The first-order chi connectivity index (χ1) is 7.75. The maximum Gasteiger partial charge on any atom is 0.252 e. The van der Waals surface area contributed by atoms with E-state index in [1.165, 1.54) is 0 Å². The summed E-state index contributed by atoms with van der Waals surface area (Å²) in [5, 5.41) is 10.4. The van der Waals surface area contributed by atoms with Gasteiger partial charge in [-0.05, 0) is 30.4 Å². The van der Waals surface area contributed by atoms with Crippen molar-refractivity contribution >= 4 is 10.9 Å². The van der Waals surface area contributed by atoms with Crippen molar-refractivity contribution in [2.75, 3.05) is 6.61 Å². The second-order valence-electron chi connectivity index (χ2n) is 4.54. The molecule has 2 aromatic rings. The smallest absolute Gasteiger partial charge is 0.252 e. The van der Waals surface area contributed by atoms with Crippen LogP contribution >= 0.6 is 0 Å². The predicted octanol–water partition coefficient (Wildman–Crippen LogP) is 1.55. The summed E-state index contributed by atoms with van der Waals surface area (Å²) in [6, 6.07) is 9.62. The van der Waals surface area contributed by atoms with Gasteiger partial charge in [0.25, 0.3) is 5.56 Å². The number of para-hydroxylation sites is 1. The fourth-order valence-corrected chi connectivity index (χ4v) is 2.20. The van der Waals surface area contributed by atoms with Crippen molar-refractivity contribution in [2.24, 2.45) is 0 Å². The van der Waals surface area contributed by atoms with Crippen LogP contribution in [0.25, 0.3) is 10.9 Å². The maximum atomic E-state index is 11.9. The Morgan fingerprint density at radius 3 is 2.75 bits per heavy atom. The molecule has 0 radical (unpaired) electrons. The number of aromatic amines is 1. The van der Waals surface area contributed by atoms with Gasteiger partial charge in [0.15, 0.2) is 0 Å². The Bertz CT molecular complexity index is 596. The molecule has 1 saturated carbocycles. The Kier molecular flexibility index (Phi) is 1.91. The Morgan fingerprint density at radius 2 is 2.06 bits per heavy atom. The van der Waals surface area contributed by atoms with Crippen LogP contribution in [-0.4, -0.2) is 16.7 Å². The number of fused-ring (bicyclic) bond motifs is 1. The molecular weight excluding hydrogens is 202 g/mol. The minimum Gasteiger partial charge on any atom is -0.395 e. The molecule has 0 atom stereocenters. The van der Waals surface area contributed by atoms with Gasteiger partial charge in [-0.15, -0.1) is 0 Å². The van der Waals surface area contributed by atoms with Gasteiger partial charge in [-0.1, -0.05) is 18.2 Å². The van der Waals surface area contributed by atoms with Gasteiger partial charge >= 0.3 is 0 Å². The summed E-state index contributed by atoms with van der Waals surface area (Å²) in [5.74, 6) is 0. The summed E-state index contributed by atoms with van der Waals surface area (Å²) in [6.45, 7) is 0.0639. The minimum absolute atomic E-state index is 0.0639. The molecule has 1 aromatic carbocycles. The monoisotopic (exact) mass is 215 g/mol. The van der Waals surface area contributed by atoms with Gasteiger partial charge < -0.3 is 10.1 Å². The number of pyridine rings is 1. The topological polar surface area (TPSA) is 53.1 Å². The highest BCUT2D eigenvalue weighted by molar-refractivity contribution is 5.79. The molecule has 0 spiro atoms. The number of hydrogen-bond acceptors (Lipinski definition) is 2. The van der Waals surface area contributed by atoms with Crippen molar-refractivity contribution < 1.29 is 5.11 Å². The van der Waals surface area contributed by atoms with E-state index in [9.17, 15) is 9.90 Å². The lowest BCUT2D eigenvalue weighted by Gasteiger charge is -2.11. The first-order valence-electron chi connectivity index (χ1n) is 5.49. The van der Waals surface area contributed by atoms with Crippen molar-refractivity contribution in [1.82, 2.24) is 4.98 Å². The number of nitrogens with one attached hydrogen (secondary N) is 1. The molecule has 1 aromatic heterocycles. The zero-order valence-electron chi connectivity index (χ0n) is 8.86. The van der Waals surface area contributed by atoms with Gasteiger partial charge in [0.05, 0.1) is 6.61 Å². The molecule has 1 fully saturated rings. The normalized spacial score (nSPS) is 17.6. The second kappa shape index (κ2) is 3.19. The fourth-order valence-electron chi connectivity index (χ4n) is 2.20. The van der Waals surface area contributed by atoms with E-state index in [1.54, 1.807) is 0 Å². The van der Waals surface area contributed by atoms with Crippen LogP contribution in [0.4, 0.5) is 0 Å². The first-order valence-corrected chi connectivity index (χ1v) is 5.49. The Labute approximate surface area is 92.7 Å². The summed E-state index contributed by atoms with van der Waals surface area (Å²) in [7, 11) is 0. The molecule has 0 aliphatic heterocycles. The van der Waals surface area contributed by atoms with Crippen LogP contribution < -0.4 is 5.56 Å². The molecular formula is C13H13NO2. The van der Waals surface area contributed by atoms with Crippen LogP contribution in [0.2, 0.25) is 0 Å². The van der Waals surface area contributed by atoms with E-state index in [0.717, 1.165) is 29.3 Å². The van der Waals surface area contributed by atoms with Crippen LogP contribution in [0, 0.1) is 0 Å². The van der Waals surface area contributed by atoms with E-state index in [0.29, 0.717) is 0 Å². The highest BCUT2D eigenvalue weighted by atomic mass is 16.3. The Morgan fingerprint density at radius 1 is 1.31 bits per heavy atom. The number of H-pyrrole nitrogens is 1. The predicted molar refractivity (Wildman–Crippen MR) is 62.6 cm³/mol. The zero-order valence-corrected chi connectivity index (χ0v) is 8.86. The van der Waals surface area contributed by atoms with Crippen molar-refractivity contribution in [3.05, 3.63) is 46.2 Å². The van der Waals surface area contributed by atoms with Gasteiger partial charge in [0.2, 0.25) is 0 Å². The molecule has 0 saturated heterocycles. The van der Waals surface area contributed by atoms with Gasteiger partial charge in [0.1, 0.15) is 0 Å². The number of aromatic nitrogens is 1. The third kappa shape index (κ3) is 1.28. The van der Waals surface area contributed by atoms with Crippen LogP contribution in [0.15, 0.2) is 35.1 Å². The summed E-state index contributed by atoms with van der Waals surface area (Å²) < 4.78 is 0. The van der Waals surface area contributed by atoms with E-state index in [4.69, 9.17) is 0 Å². The average Bonchev–Trinajstić information content (AvgIpc) is 3.09. The van der Waals surface area contributed by atoms with Crippen LogP contribution in [-0.2, 0) is 5.41 Å². The standard InChI is InChI=1S/C13H13NO2/c15-8-13(5-6-13)10-7-9-3-1-2-4-11(9)14-12(10)16/h1-4,7,15H,5-6,8H2,(H,14,16). The summed E-state index contributed by atoms with van der Waals surface area (Å²) in [5.41, 5.74) is 1.25. The molecule has 0 bridgehead atoms. The van der Waals surface area contributed by atoms with Crippen LogP contribution in [0.5, 0.6) is 0 Å². The van der Waals surface area contributed by atoms with Gasteiger partial charge in [-0.3, -0.25) is 4.79 Å². The van der Waals surface area contributed by atoms with E-state index >= 15 is 0 Å². The first kappa shape index (κ1) is 9.60. The van der Waals surface area contributed by atoms with Crippen molar-refractivity contribution in [1.29, 1.82) is 0 Å². The van der Waals surface area contributed by atoms with E-state index < -0.39 is 0 Å². The summed E-state index contributed by atoms with van der Waals surface area (Å²) in [4.78, 5) is 14.8. The SMILES string of the molecule is O=c1[nH]c2ccccc2cc1C1(CO)CC1. The third-order valence-corrected chi connectivity index (χ3v) is 3.48. The minimum atomic E-state index is -0.266. The highest BCUT2D eigenvalue weighted by Gasteiger charge is 2.45. The largest absolute Gasteiger partial charge is 0.395 e.